The fraction of sp³-hybridized carbons (Fsp3) is 0.286. The Labute approximate surface area is 212 Å². The van der Waals surface area contributed by atoms with Crippen molar-refractivity contribution >= 4 is 17.5 Å². The topological polar surface area (TPSA) is 60.8 Å². The van der Waals surface area contributed by atoms with E-state index in [-0.39, 0.29) is 47.6 Å². The van der Waals surface area contributed by atoms with Gasteiger partial charge in [0.1, 0.15) is 18.0 Å². The number of carbonyl (C=O) groups excluding carboxylic acids is 1. The molecule has 1 atom stereocenters. The average Bonchev–Trinajstić information content (AvgIpc) is 3.51. The monoisotopic (exact) mass is 506 g/mol. The number of hydrogen-bond acceptors (Lipinski definition) is 4. The van der Waals surface area contributed by atoms with E-state index in [9.17, 15) is 14.0 Å². The zero-order valence-electron chi connectivity index (χ0n) is 19.5. The first-order chi connectivity index (χ1) is 17.5. The van der Waals surface area contributed by atoms with Gasteiger partial charge in [0.15, 0.2) is 11.4 Å². The standard InChI is InChI=1S/C28H24ClFN2O4/c29-20-14-19(8-9-21(20)30)15-31-12-13-32-22-17-36-28(10-4-5-11-28)23(22)25(33)26(24(32)27(31)34)35-16-18-6-2-1-3-7-18/h1-4,6-10,14H,5,11-13,15-17H2. The fourth-order valence-electron chi connectivity index (χ4n) is 5.39. The summed E-state index contributed by atoms with van der Waals surface area (Å²) in [6, 6.07) is 13.9. The molecule has 0 fully saturated rings. The van der Waals surface area contributed by atoms with Crippen molar-refractivity contribution in [2.45, 2.75) is 44.7 Å². The summed E-state index contributed by atoms with van der Waals surface area (Å²) in [7, 11) is 0. The van der Waals surface area contributed by atoms with E-state index in [0.29, 0.717) is 30.6 Å². The van der Waals surface area contributed by atoms with Crippen molar-refractivity contribution in [1.82, 2.24) is 9.47 Å². The average molecular weight is 507 g/mol. The third-order valence-corrected chi connectivity index (χ3v) is 7.45. The molecule has 1 aromatic heterocycles. The SMILES string of the molecule is O=C1c2c(OCc3ccccc3)c(=O)c3c(n2CCN1Cc1ccc(F)c(Cl)c1)COC31C=CCC1. The minimum atomic E-state index is -0.760. The number of benzene rings is 2. The van der Waals surface area contributed by atoms with Crippen molar-refractivity contribution in [3.05, 3.63) is 110 Å². The predicted octanol–water partition coefficient (Wildman–Crippen LogP) is 4.95. The second kappa shape index (κ2) is 8.91. The Kier molecular flexibility index (Phi) is 5.69. The van der Waals surface area contributed by atoms with Gasteiger partial charge in [-0.25, -0.2) is 4.39 Å². The third-order valence-electron chi connectivity index (χ3n) is 7.16. The number of pyridine rings is 1. The molecular formula is C28H24ClFN2O4. The van der Waals surface area contributed by atoms with Crippen LogP contribution in [0.3, 0.4) is 0 Å². The lowest BCUT2D eigenvalue weighted by Crippen LogP contribution is -2.43. The maximum atomic E-state index is 13.9. The Morgan fingerprint density at radius 3 is 2.67 bits per heavy atom. The molecule has 2 aromatic carbocycles. The first-order valence-electron chi connectivity index (χ1n) is 12.0. The highest BCUT2D eigenvalue weighted by Gasteiger charge is 2.46. The molecule has 184 valence electrons. The Bertz CT molecular complexity index is 1450. The number of rotatable bonds is 5. The van der Waals surface area contributed by atoms with Crippen molar-refractivity contribution < 1.29 is 18.7 Å². The molecule has 2 aliphatic heterocycles. The predicted molar refractivity (Wildman–Crippen MR) is 132 cm³/mol. The van der Waals surface area contributed by atoms with Crippen LogP contribution in [0.15, 0.2) is 65.5 Å². The number of halogens is 2. The van der Waals surface area contributed by atoms with E-state index in [4.69, 9.17) is 21.1 Å². The Morgan fingerprint density at radius 1 is 1.08 bits per heavy atom. The zero-order valence-corrected chi connectivity index (χ0v) is 20.3. The number of amides is 1. The van der Waals surface area contributed by atoms with Crippen molar-refractivity contribution in [2.24, 2.45) is 0 Å². The minimum absolute atomic E-state index is 0.00495. The molecule has 6 rings (SSSR count). The lowest BCUT2D eigenvalue weighted by Gasteiger charge is -2.33. The highest BCUT2D eigenvalue weighted by molar-refractivity contribution is 6.30. The zero-order chi connectivity index (χ0) is 24.9. The van der Waals surface area contributed by atoms with Gasteiger partial charge in [-0.2, -0.15) is 0 Å². The van der Waals surface area contributed by atoms with Gasteiger partial charge in [-0.3, -0.25) is 9.59 Å². The van der Waals surface area contributed by atoms with Gasteiger partial charge in [0, 0.05) is 19.6 Å². The van der Waals surface area contributed by atoms with Crippen molar-refractivity contribution in [1.29, 1.82) is 0 Å². The second-order valence-electron chi connectivity index (χ2n) is 9.35. The van der Waals surface area contributed by atoms with Gasteiger partial charge in [0.25, 0.3) is 5.91 Å². The Hall–Kier alpha value is -3.42. The molecule has 3 heterocycles. The van der Waals surface area contributed by atoms with Crippen LogP contribution in [0.5, 0.6) is 5.75 Å². The van der Waals surface area contributed by atoms with Crippen molar-refractivity contribution in [2.75, 3.05) is 6.54 Å². The molecule has 3 aromatic rings. The van der Waals surface area contributed by atoms with E-state index < -0.39 is 11.4 Å². The molecule has 1 amide bonds. The van der Waals surface area contributed by atoms with Gasteiger partial charge < -0.3 is 18.9 Å². The summed E-state index contributed by atoms with van der Waals surface area (Å²) in [6.07, 6.45) is 5.51. The maximum absolute atomic E-state index is 13.9. The summed E-state index contributed by atoms with van der Waals surface area (Å²) in [5.74, 6) is -0.772. The van der Waals surface area contributed by atoms with E-state index in [1.165, 1.54) is 12.1 Å². The number of ether oxygens (including phenoxy) is 2. The molecule has 0 bridgehead atoms. The summed E-state index contributed by atoms with van der Waals surface area (Å²) in [5.41, 5.74) is 2.10. The molecule has 1 aliphatic carbocycles. The molecule has 0 saturated carbocycles. The van der Waals surface area contributed by atoms with E-state index in [2.05, 4.69) is 0 Å². The fourth-order valence-corrected chi connectivity index (χ4v) is 5.59. The van der Waals surface area contributed by atoms with E-state index in [1.54, 1.807) is 11.0 Å². The van der Waals surface area contributed by atoms with E-state index in [0.717, 1.165) is 17.7 Å². The molecule has 1 spiro atoms. The van der Waals surface area contributed by atoms with Crippen LogP contribution in [0.1, 0.15) is 45.7 Å². The minimum Gasteiger partial charge on any atom is -0.483 e. The van der Waals surface area contributed by atoms with E-state index >= 15 is 0 Å². The van der Waals surface area contributed by atoms with Gasteiger partial charge in [-0.05, 0) is 36.1 Å². The van der Waals surface area contributed by atoms with Crippen LogP contribution in [0, 0.1) is 5.82 Å². The molecule has 0 saturated heterocycles. The molecule has 0 N–H and O–H groups in total. The van der Waals surface area contributed by atoms with Crippen LogP contribution in [0.4, 0.5) is 4.39 Å². The number of aromatic nitrogens is 1. The van der Waals surface area contributed by atoms with Crippen LogP contribution in [-0.4, -0.2) is 21.9 Å². The first-order valence-corrected chi connectivity index (χ1v) is 12.4. The van der Waals surface area contributed by atoms with Crippen LogP contribution in [0.25, 0.3) is 0 Å². The summed E-state index contributed by atoms with van der Waals surface area (Å²) in [5, 5.41) is 0.00495. The third kappa shape index (κ3) is 3.74. The van der Waals surface area contributed by atoms with Crippen LogP contribution < -0.4 is 10.2 Å². The van der Waals surface area contributed by atoms with Gasteiger partial charge in [0.05, 0.1) is 22.9 Å². The summed E-state index contributed by atoms with van der Waals surface area (Å²) in [4.78, 5) is 29.4. The maximum Gasteiger partial charge on any atom is 0.274 e. The summed E-state index contributed by atoms with van der Waals surface area (Å²) < 4.78 is 27.8. The molecule has 8 heteroatoms. The van der Waals surface area contributed by atoms with Crippen LogP contribution >= 0.6 is 11.6 Å². The summed E-state index contributed by atoms with van der Waals surface area (Å²) in [6.45, 7) is 1.58. The molecule has 6 nitrogen and oxygen atoms in total. The Balaban J connectivity index is 1.43. The van der Waals surface area contributed by atoms with Gasteiger partial charge in [0.2, 0.25) is 5.43 Å². The number of fused-ring (bicyclic) bond motifs is 4. The van der Waals surface area contributed by atoms with Crippen molar-refractivity contribution in [3.8, 4) is 5.75 Å². The lowest BCUT2D eigenvalue weighted by atomic mass is 9.92. The van der Waals surface area contributed by atoms with Crippen LogP contribution in [0.2, 0.25) is 5.02 Å². The Morgan fingerprint density at radius 2 is 1.92 bits per heavy atom. The van der Waals surface area contributed by atoms with Gasteiger partial charge >= 0.3 is 0 Å². The highest BCUT2D eigenvalue weighted by Crippen LogP contribution is 2.44. The molecule has 1 unspecified atom stereocenters. The normalized spacial score (nSPS) is 20.2. The highest BCUT2D eigenvalue weighted by atomic mass is 35.5. The number of allylic oxidation sites excluding steroid dienone is 1. The van der Waals surface area contributed by atoms with Crippen LogP contribution in [-0.2, 0) is 36.6 Å². The van der Waals surface area contributed by atoms with Gasteiger partial charge in [-0.1, -0.05) is 60.2 Å². The van der Waals surface area contributed by atoms with Crippen molar-refractivity contribution in [3.63, 3.8) is 0 Å². The number of hydrogen-bond donors (Lipinski definition) is 0. The van der Waals surface area contributed by atoms with Gasteiger partial charge in [-0.15, -0.1) is 0 Å². The second-order valence-corrected chi connectivity index (χ2v) is 9.76. The number of nitrogens with zero attached hydrogens (tertiary/aromatic N) is 2. The molecular weight excluding hydrogens is 483 g/mol. The lowest BCUT2D eigenvalue weighted by molar-refractivity contribution is -0.000448. The quantitative estimate of drug-likeness (QED) is 0.459. The number of carbonyl (C=O) groups is 1. The largest absolute Gasteiger partial charge is 0.483 e. The molecule has 3 aliphatic rings. The smallest absolute Gasteiger partial charge is 0.274 e. The molecule has 0 radical (unpaired) electrons. The molecule has 36 heavy (non-hydrogen) atoms. The van der Waals surface area contributed by atoms with E-state index in [1.807, 2.05) is 47.1 Å². The first kappa shape index (κ1) is 23.0. The summed E-state index contributed by atoms with van der Waals surface area (Å²) >= 11 is 5.95.